The molecule has 0 aromatic carbocycles. The van der Waals surface area contributed by atoms with Gasteiger partial charge in [-0.15, -0.1) is 0 Å². The lowest BCUT2D eigenvalue weighted by molar-refractivity contribution is 0.0595. The molecule has 0 aliphatic rings. The first-order valence-electron chi connectivity index (χ1n) is 6.36. The Labute approximate surface area is 117 Å². The highest BCUT2D eigenvalue weighted by Crippen LogP contribution is 2.16. The van der Waals surface area contributed by atoms with Crippen LogP contribution in [0.2, 0.25) is 0 Å². The van der Waals surface area contributed by atoms with Crippen molar-refractivity contribution in [3.05, 3.63) is 36.3 Å². The van der Waals surface area contributed by atoms with Crippen LogP contribution in [-0.4, -0.2) is 52.8 Å². The maximum Gasteiger partial charge on any atom is 0.271 e. The number of hydrogen-bond acceptors (Lipinski definition) is 4. The Balaban J connectivity index is 2.11. The molecular weight excluding hydrogens is 256 g/mol. The third kappa shape index (κ3) is 3.21. The van der Waals surface area contributed by atoms with E-state index in [2.05, 4.69) is 15.2 Å². The summed E-state index contributed by atoms with van der Waals surface area (Å²) in [6.07, 6.45) is 3.40. The van der Waals surface area contributed by atoms with E-state index < -0.39 is 0 Å². The molecule has 0 radical (unpaired) electrons. The lowest BCUT2D eigenvalue weighted by atomic mass is 10.2. The molecule has 0 saturated carbocycles. The van der Waals surface area contributed by atoms with Crippen molar-refractivity contribution in [3.63, 3.8) is 0 Å². The van der Waals surface area contributed by atoms with Crippen molar-refractivity contribution in [2.75, 3.05) is 20.7 Å². The number of amides is 1. The summed E-state index contributed by atoms with van der Waals surface area (Å²) >= 11 is 0. The Hall–Kier alpha value is -2.21. The largest absolute Gasteiger partial charge is 0.380 e. The van der Waals surface area contributed by atoms with E-state index in [1.807, 2.05) is 19.1 Å². The van der Waals surface area contributed by atoms with Crippen LogP contribution in [0.15, 0.2) is 30.6 Å². The minimum Gasteiger partial charge on any atom is -0.380 e. The second kappa shape index (κ2) is 6.29. The first-order valence-corrected chi connectivity index (χ1v) is 6.36. The number of H-pyrrole nitrogens is 1. The number of ether oxygens (including phenoxy) is 1. The quantitative estimate of drug-likeness (QED) is 0.898. The molecule has 0 aliphatic carbocycles. The van der Waals surface area contributed by atoms with Gasteiger partial charge in [-0.05, 0) is 25.1 Å². The smallest absolute Gasteiger partial charge is 0.271 e. The zero-order chi connectivity index (χ0) is 14.5. The summed E-state index contributed by atoms with van der Waals surface area (Å²) in [7, 11) is 3.36. The fourth-order valence-corrected chi connectivity index (χ4v) is 1.84. The van der Waals surface area contributed by atoms with Gasteiger partial charge in [-0.3, -0.25) is 14.9 Å². The van der Waals surface area contributed by atoms with Crippen molar-refractivity contribution in [3.8, 4) is 11.3 Å². The molecule has 0 bridgehead atoms. The van der Waals surface area contributed by atoms with E-state index in [9.17, 15) is 4.79 Å². The van der Waals surface area contributed by atoms with Crippen LogP contribution in [0.25, 0.3) is 11.3 Å². The number of carbonyl (C=O) groups is 1. The molecule has 6 heteroatoms. The number of rotatable bonds is 5. The second-order valence-electron chi connectivity index (χ2n) is 4.64. The third-order valence-corrected chi connectivity index (χ3v) is 3.05. The number of aromatic amines is 1. The van der Waals surface area contributed by atoms with E-state index in [4.69, 9.17) is 4.74 Å². The van der Waals surface area contributed by atoms with Crippen LogP contribution in [0.5, 0.6) is 0 Å². The van der Waals surface area contributed by atoms with Crippen LogP contribution in [-0.2, 0) is 4.74 Å². The topological polar surface area (TPSA) is 71.1 Å². The van der Waals surface area contributed by atoms with Gasteiger partial charge in [0.1, 0.15) is 5.69 Å². The van der Waals surface area contributed by atoms with Gasteiger partial charge in [0, 0.05) is 38.7 Å². The summed E-state index contributed by atoms with van der Waals surface area (Å²) in [6.45, 7) is 2.44. The molecule has 0 fully saturated rings. The van der Waals surface area contributed by atoms with Gasteiger partial charge in [0.2, 0.25) is 0 Å². The highest BCUT2D eigenvalue weighted by molar-refractivity contribution is 5.93. The summed E-state index contributed by atoms with van der Waals surface area (Å²) in [5, 5.41) is 6.91. The normalized spacial score (nSPS) is 12.2. The highest BCUT2D eigenvalue weighted by Gasteiger charge is 2.17. The predicted molar refractivity (Wildman–Crippen MR) is 75.3 cm³/mol. The molecule has 106 valence electrons. The van der Waals surface area contributed by atoms with E-state index in [-0.39, 0.29) is 12.0 Å². The maximum atomic E-state index is 12.2. The molecule has 1 atom stereocenters. The summed E-state index contributed by atoms with van der Waals surface area (Å²) in [6, 6.07) is 5.46. The zero-order valence-corrected chi connectivity index (χ0v) is 11.8. The number of aromatic nitrogens is 3. The van der Waals surface area contributed by atoms with Gasteiger partial charge < -0.3 is 9.64 Å². The number of nitrogens with one attached hydrogen (secondary N) is 1. The number of hydrogen-bond donors (Lipinski definition) is 1. The van der Waals surface area contributed by atoms with Crippen LogP contribution in [0.3, 0.4) is 0 Å². The molecule has 0 aliphatic heterocycles. The number of carbonyl (C=O) groups excluding carboxylic acids is 1. The Morgan fingerprint density at radius 3 is 3.00 bits per heavy atom. The van der Waals surface area contributed by atoms with Gasteiger partial charge >= 0.3 is 0 Å². The molecule has 2 aromatic rings. The monoisotopic (exact) mass is 274 g/mol. The molecule has 2 aromatic heterocycles. The minimum atomic E-state index is -0.114. The van der Waals surface area contributed by atoms with Gasteiger partial charge in [0.05, 0.1) is 11.8 Å². The molecule has 2 heterocycles. The van der Waals surface area contributed by atoms with E-state index in [0.29, 0.717) is 17.9 Å². The lowest BCUT2D eigenvalue weighted by Gasteiger charge is -2.19. The molecular formula is C14H18N4O2. The fraction of sp³-hybridized carbons (Fsp3) is 0.357. The molecule has 1 amide bonds. The first kappa shape index (κ1) is 14.2. The molecule has 0 saturated heterocycles. The van der Waals surface area contributed by atoms with E-state index in [1.165, 1.54) is 0 Å². The number of methoxy groups -OCH3 is 1. The van der Waals surface area contributed by atoms with Crippen LogP contribution in [0.4, 0.5) is 0 Å². The number of pyridine rings is 1. The van der Waals surface area contributed by atoms with Crippen molar-refractivity contribution in [2.24, 2.45) is 0 Å². The SMILES string of the molecule is CO[C@@H](C)CN(C)C(=O)c1cc(-c2cccnc2)n[nH]1. The Morgan fingerprint density at radius 2 is 2.35 bits per heavy atom. The van der Waals surface area contributed by atoms with Crippen LogP contribution in [0.1, 0.15) is 17.4 Å². The van der Waals surface area contributed by atoms with Gasteiger partial charge in [0.15, 0.2) is 0 Å². The third-order valence-electron chi connectivity index (χ3n) is 3.05. The first-order chi connectivity index (χ1) is 9.61. The lowest BCUT2D eigenvalue weighted by Crippen LogP contribution is -2.34. The van der Waals surface area contributed by atoms with E-state index >= 15 is 0 Å². The summed E-state index contributed by atoms with van der Waals surface area (Å²) in [5.74, 6) is -0.114. The standard InChI is InChI=1S/C14H18N4O2/c1-10(20-3)9-18(2)14(19)13-7-12(16-17-13)11-5-4-6-15-8-11/h4-8,10H,9H2,1-3H3,(H,16,17)/t10-/m0/s1. The Bertz CT molecular complexity index is 568. The fourth-order valence-electron chi connectivity index (χ4n) is 1.84. The number of likely N-dealkylation sites (N-methyl/N-ethyl adjacent to an activating group) is 1. The summed E-state index contributed by atoms with van der Waals surface area (Å²) < 4.78 is 5.15. The van der Waals surface area contributed by atoms with E-state index in [0.717, 1.165) is 5.56 Å². The van der Waals surface area contributed by atoms with Gasteiger partial charge in [-0.1, -0.05) is 0 Å². The summed E-state index contributed by atoms with van der Waals surface area (Å²) in [4.78, 5) is 17.9. The molecule has 0 unspecified atom stereocenters. The maximum absolute atomic E-state index is 12.2. The van der Waals surface area contributed by atoms with Gasteiger partial charge in [-0.2, -0.15) is 5.10 Å². The second-order valence-corrected chi connectivity index (χ2v) is 4.64. The molecule has 2 rings (SSSR count). The zero-order valence-electron chi connectivity index (χ0n) is 11.8. The van der Waals surface area contributed by atoms with Crippen molar-refractivity contribution in [2.45, 2.75) is 13.0 Å². The van der Waals surface area contributed by atoms with Crippen molar-refractivity contribution in [1.82, 2.24) is 20.1 Å². The van der Waals surface area contributed by atoms with E-state index in [1.54, 1.807) is 37.5 Å². The van der Waals surface area contributed by atoms with Crippen molar-refractivity contribution >= 4 is 5.91 Å². The van der Waals surface area contributed by atoms with Crippen LogP contribution >= 0.6 is 0 Å². The Kier molecular flexibility index (Phi) is 4.47. The molecule has 6 nitrogen and oxygen atoms in total. The Morgan fingerprint density at radius 1 is 1.55 bits per heavy atom. The number of nitrogens with zero attached hydrogens (tertiary/aromatic N) is 3. The molecule has 20 heavy (non-hydrogen) atoms. The highest BCUT2D eigenvalue weighted by atomic mass is 16.5. The average molecular weight is 274 g/mol. The predicted octanol–water partition coefficient (Wildman–Crippen LogP) is 1.58. The summed E-state index contributed by atoms with van der Waals surface area (Å²) in [5.41, 5.74) is 2.03. The minimum absolute atomic E-state index is 0.00957. The van der Waals surface area contributed by atoms with Gasteiger partial charge in [-0.25, -0.2) is 0 Å². The average Bonchev–Trinajstić information content (AvgIpc) is 2.97. The van der Waals surface area contributed by atoms with Crippen LogP contribution < -0.4 is 0 Å². The molecule has 0 spiro atoms. The van der Waals surface area contributed by atoms with Crippen molar-refractivity contribution < 1.29 is 9.53 Å². The van der Waals surface area contributed by atoms with Crippen molar-refractivity contribution in [1.29, 1.82) is 0 Å². The molecule has 1 N–H and O–H groups in total. The van der Waals surface area contributed by atoms with Gasteiger partial charge in [0.25, 0.3) is 5.91 Å². The van der Waals surface area contributed by atoms with Crippen LogP contribution in [0, 0.1) is 0 Å².